The summed E-state index contributed by atoms with van der Waals surface area (Å²) in [4.78, 5) is 39.0. The topological polar surface area (TPSA) is 124 Å². The van der Waals surface area contributed by atoms with Gasteiger partial charge in [-0.25, -0.2) is 13.9 Å². The Morgan fingerprint density at radius 1 is 0.957 bits per heavy atom. The maximum absolute atomic E-state index is 13.9. The van der Waals surface area contributed by atoms with Gasteiger partial charge in [-0.3, -0.25) is 14.5 Å². The largest absolute Gasteiger partial charge is 0.381 e. The Morgan fingerprint density at radius 3 is 2.34 bits per heavy atom. The molecule has 1 saturated carbocycles. The zero-order valence-electron chi connectivity index (χ0n) is 27.5. The van der Waals surface area contributed by atoms with Crippen LogP contribution in [0.15, 0.2) is 12.4 Å². The van der Waals surface area contributed by atoms with Crippen molar-refractivity contribution < 1.29 is 14.0 Å². The van der Waals surface area contributed by atoms with Crippen molar-refractivity contribution in [1.29, 1.82) is 0 Å². The third kappa shape index (κ3) is 6.72. The van der Waals surface area contributed by atoms with Crippen LogP contribution in [0.25, 0.3) is 5.65 Å². The van der Waals surface area contributed by atoms with Gasteiger partial charge in [-0.15, -0.1) is 16.7 Å². The van der Waals surface area contributed by atoms with E-state index in [0.717, 1.165) is 103 Å². The van der Waals surface area contributed by atoms with Crippen LogP contribution in [-0.2, 0) is 4.79 Å². The molecule has 1 aliphatic carbocycles. The van der Waals surface area contributed by atoms with Crippen LogP contribution in [0.1, 0.15) is 93.8 Å². The van der Waals surface area contributed by atoms with Gasteiger partial charge < -0.3 is 26.2 Å². The van der Waals surface area contributed by atoms with Gasteiger partial charge in [0.25, 0.3) is 5.91 Å². The molecule has 11 nitrogen and oxygen atoms in total. The van der Waals surface area contributed by atoms with Crippen LogP contribution in [0.4, 0.5) is 10.2 Å². The van der Waals surface area contributed by atoms with Crippen molar-refractivity contribution >= 4 is 34.9 Å². The monoisotopic (exact) mass is 671 g/mol. The summed E-state index contributed by atoms with van der Waals surface area (Å²) in [5.74, 6) is -0.601. The molecule has 3 atom stereocenters. The van der Waals surface area contributed by atoms with Crippen molar-refractivity contribution in [2.24, 2.45) is 5.92 Å². The van der Waals surface area contributed by atoms with E-state index < -0.39 is 11.7 Å². The molecule has 47 heavy (non-hydrogen) atoms. The fourth-order valence-corrected chi connectivity index (χ4v) is 9.85. The number of nitrogens with one attached hydrogen (secondary N) is 2. The summed E-state index contributed by atoms with van der Waals surface area (Å²) in [5, 5.41) is 11.0. The lowest BCUT2D eigenvalue weighted by Crippen LogP contribution is -2.73. The fraction of sp³-hybridized carbons (Fsp3) is 0.765. The highest BCUT2D eigenvalue weighted by Crippen LogP contribution is 2.39. The molecule has 4 N–H and O–H groups in total. The van der Waals surface area contributed by atoms with Crippen LogP contribution in [-0.4, -0.2) is 116 Å². The molecule has 6 aliphatic rings. The Morgan fingerprint density at radius 2 is 1.64 bits per heavy atom. The minimum atomic E-state index is -0.563. The zero-order chi connectivity index (χ0) is 32.5. The molecule has 0 radical (unpaired) electrons. The Labute approximate surface area is 282 Å². The minimum absolute atomic E-state index is 0.00497. The summed E-state index contributed by atoms with van der Waals surface area (Å²) in [6.45, 7) is 6.12. The number of hydrogen-bond acceptors (Lipinski definition) is 8. The smallest absolute Gasteiger partial charge is 0.259 e. The van der Waals surface area contributed by atoms with Crippen molar-refractivity contribution in [3.8, 4) is 0 Å². The third-order valence-electron chi connectivity index (χ3n) is 11.9. The average Bonchev–Trinajstić information content (AvgIpc) is 3.19. The lowest BCUT2D eigenvalue weighted by Gasteiger charge is -2.54. The highest BCUT2D eigenvalue weighted by Gasteiger charge is 2.51. The number of aromatic nitrogens is 3. The molecule has 2 aromatic heterocycles. The van der Waals surface area contributed by atoms with Gasteiger partial charge in [0, 0.05) is 56.3 Å². The number of piperidine rings is 3. The predicted molar refractivity (Wildman–Crippen MR) is 180 cm³/mol. The van der Waals surface area contributed by atoms with Crippen LogP contribution in [0, 0.1) is 11.7 Å². The maximum Gasteiger partial charge on any atom is 0.259 e. The summed E-state index contributed by atoms with van der Waals surface area (Å²) in [6.07, 6.45) is 16.5. The first-order valence-electron chi connectivity index (χ1n) is 18.1. The fourth-order valence-electron chi connectivity index (χ4n) is 9.22. The van der Waals surface area contributed by atoms with Crippen LogP contribution in [0.5, 0.6) is 0 Å². The van der Waals surface area contributed by atoms with E-state index in [2.05, 4.69) is 35.4 Å². The number of nitrogens with zero attached hydrogens (tertiary/aromatic N) is 6. The Balaban J connectivity index is 1.11. The number of fused-ring (bicyclic) bond motifs is 5. The number of hydrogen-bond donors (Lipinski definition) is 3. The quantitative estimate of drug-likeness (QED) is 0.423. The summed E-state index contributed by atoms with van der Waals surface area (Å²) in [7, 11) is 0. The average molecular weight is 672 g/mol. The van der Waals surface area contributed by atoms with Crippen LogP contribution in [0.3, 0.4) is 0 Å². The standard InChI is InChI=1S/C34H51ClFN9O2/c35-29-28(43-16-8-23(9-17-43)33(47)44-19-18-42-14-10-25(44)11-15-42)26(21-39-34(29)12-6-4-2-1-3-5-7-13-34)40-32(46)27-30(37)41-45-22-24(36)20-38-31(27)45/h20,22-23,25-26,28-29,39H,1-19,21H2,(H2,37,41)(H,40,46). The maximum atomic E-state index is 13.9. The predicted octanol–water partition coefficient (Wildman–Crippen LogP) is 3.41. The molecule has 1 spiro atoms. The first kappa shape index (κ1) is 33.0. The second-order valence-electron chi connectivity index (χ2n) is 14.7. The van der Waals surface area contributed by atoms with Crippen LogP contribution >= 0.6 is 11.6 Å². The molecule has 5 saturated heterocycles. The van der Waals surface area contributed by atoms with E-state index in [1.165, 1.54) is 36.6 Å². The van der Waals surface area contributed by atoms with Gasteiger partial charge >= 0.3 is 0 Å². The number of halogens is 2. The van der Waals surface area contributed by atoms with Crippen molar-refractivity contribution in [2.45, 2.75) is 113 Å². The SMILES string of the molecule is Nc1nn2cc(F)cnc2c1C(=O)NC1CNC2(CCCCCCCCC2)C(Cl)C1N1CCC(C(=O)N2CCN3CCC2CC3)CC1. The van der Waals surface area contributed by atoms with E-state index in [4.69, 9.17) is 17.3 Å². The number of nitrogens with two attached hydrogens (primary N) is 1. The van der Waals surface area contributed by atoms with E-state index in [1.807, 2.05) is 0 Å². The highest BCUT2D eigenvalue weighted by atomic mass is 35.5. The summed E-state index contributed by atoms with van der Waals surface area (Å²) < 4.78 is 15.1. The van der Waals surface area contributed by atoms with Gasteiger partial charge in [-0.1, -0.05) is 44.9 Å². The van der Waals surface area contributed by atoms with Crippen LogP contribution in [0.2, 0.25) is 0 Å². The molecule has 2 aromatic rings. The van der Waals surface area contributed by atoms with Crippen molar-refractivity contribution in [1.82, 2.24) is 39.9 Å². The second-order valence-corrected chi connectivity index (χ2v) is 15.2. The molecule has 13 heteroatoms. The highest BCUT2D eigenvalue weighted by molar-refractivity contribution is 6.22. The van der Waals surface area contributed by atoms with Gasteiger partial charge in [-0.2, -0.15) is 0 Å². The normalized spacial score (nSPS) is 31.1. The Hall–Kier alpha value is -2.54. The Bertz CT molecular complexity index is 1410. The zero-order valence-corrected chi connectivity index (χ0v) is 28.3. The lowest BCUT2D eigenvalue weighted by molar-refractivity contribution is -0.139. The van der Waals surface area contributed by atoms with E-state index in [-0.39, 0.29) is 45.9 Å². The summed E-state index contributed by atoms with van der Waals surface area (Å²) in [6, 6.07) is -0.0552. The third-order valence-corrected chi connectivity index (χ3v) is 12.6. The van der Waals surface area contributed by atoms with Gasteiger partial charge in [0.2, 0.25) is 5.91 Å². The molecular formula is C34H51ClFN9O2. The second kappa shape index (κ2) is 14.1. The van der Waals surface area contributed by atoms with E-state index in [9.17, 15) is 14.0 Å². The molecule has 258 valence electrons. The minimum Gasteiger partial charge on any atom is -0.381 e. The summed E-state index contributed by atoms with van der Waals surface area (Å²) in [5.41, 5.74) is 6.31. The number of carbonyl (C=O) groups excluding carboxylic acids is 2. The molecule has 2 bridgehead atoms. The number of carbonyl (C=O) groups is 2. The van der Waals surface area contributed by atoms with Crippen LogP contribution < -0.4 is 16.4 Å². The number of likely N-dealkylation sites (tertiary alicyclic amines) is 1. The summed E-state index contributed by atoms with van der Waals surface area (Å²) >= 11 is 7.67. The number of rotatable bonds is 4. The molecule has 2 amide bonds. The number of amides is 2. The first-order chi connectivity index (χ1) is 22.8. The number of nitrogen functional groups attached to an aromatic ring is 1. The molecule has 6 fully saturated rings. The molecular weight excluding hydrogens is 621 g/mol. The van der Waals surface area contributed by atoms with Gasteiger partial charge in [0.1, 0.15) is 5.56 Å². The molecule has 0 aromatic carbocycles. The van der Waals surface area contributed by atoms with Crippen molar-refractivity contribution in [3.05, 3.63) is 23.8 Å². The van der Waals surface area contributed by atoms with Crippen molar-refractivity contribution in [3.63, 3.8) is 0 Å². The lowest BCUT2D eigenvalue weighted by atomic mass is 9.74. The van der Waals surface area contributed by atoms with Gasteiger partial charge in [0.05, 0.1) is 23.8 Å². The van der Waals surface area contributed by atoms with E-state index in [1.54, 1.807) is 0 Å². The molecule has 7 heterocycles. The van der Waals surface area contributed by atoms with E-state index >= 15 is 0 Å². The van der Waals surface area contributed by atoms with Gasteiger partial charge in [0.15, 0.2) is 17.3 Å². The van der Waals surface area contributed by atoms with Gasteiger partial charge in [-0.05, 0) is 51.6 Å². The number of alkyl halides is 1. The first-order valence-corrected chi connectivity index (χ1v) is 18.5. The molecule has 5 aliphatic heterocycles. The number of anilines is 1. The molecule has 3 unspecified atom stereocenters. The van der Waals surface area contributed by atoms with E-state index in [0.29, 0.717) is 18.5 Å². The Kier molecular flexibility index (Phi) is 9.92. The van der Waals surface area contributed by atoms with Crippen molar-refractivity contribution in [2.75, 3.05) is 51.5 Å². The molecule has 8 rings (SSSR count).